The van der Waals surface area contributed by atoms with Gasteiger partial charge in [0.1, 0.15) is 0 Å². The van der Waals surface area contributed by atoms with Crippen molar-refractivity contribution in [1.29, 1.82) is 0 Å². The zero-order valence-corrected chi connectivity index (χ0v) is 9.57. The Morgan fingerprint density at radius 2 is 2.41 bits per heavy atom. The third-order valence-corrected chi connectivity index (χ3v) is 2.32. The SMILES string of the molecule is CCc1[nH]nc(C(=O)Nc2cc(C)no2)c1N. The number of H-pyrrole nitrogens is 1. The van der Waals surface area contributed by atoms with Crippen LogP contribution in [0.2, 0.25) is 0 Å². The Bertz CT molecular complexity index is 543. The van der Waals surface area contributed by atoms with Gasteiger partial charge in [-0.2, -0.15) is 5.10 Å². The summed E-state index contributed by atoms with van der Waals surface area (Å²) in [6, 6.07) is 1.61. The van der Waals surface area contributed by atoms with Crippen molar-refractivity contribution in [3.05, 3.63) is 23.1 Å². The molecule has 0 saturated heterocycles. The number of anilines is 2. The van der Waals surface area contributed by atoms with Gasteiger partial charge in [0, 0.05) is 6.07 Å². The molecule has 0 atom stereocenters. The molecule has 0 spiro atoms. The molecule has 2 heterocycles. The second-order valence-electron chi connectivity index (χ2n) is 3.60. The van der Waals surface area contributed by atoms with Crippen molar-refractivity contribution in [3.8, 4) is 0 Å². The highest BCUT2D eigenvalue weighted by Crippen LogP contribution is 2.16. The summed E-state index contributed by atoms with van der Waals surface area (Å²) in [4.78, 5) is 11.8. The van der Waals surface area contributed by atoms with Gasteiger partial charge in [0.2, 0.25) is 5.88 Å². The highest BCUT2D eigenvalue weighted by molar-refractivity contribution is 6.05. The van der Waals surface area contributed by atoms with Gasteiger partial charge in [-0.25, -0.2) is 0 Å². The van der Waals surface area contributed by atoms with Gasteiger partial charge in [-0.15, -0.1) is 0 Å². The van der Waals surface area contributed by atoms with Crippen LogP contribution in [0.3, 0.4) is 0 Å². The van der Waals surface area contributed by atoms with Gasteiger partial charge in [-0.3, -0.25) is 15.2 Å². The van der Waals surface area contributed by atoms with Crippen molar-refractivity contribution < 1.29 is 9.32 Å². The number of amides is 1. The first-order valence-corrected chi connectivity index (χ1v) is 5.19. The monoisotopic (exact) mass is 235 g/mol. The van der Waals surface area contributed by atoms with Crippen molar-refractivity contribution >= 4 is 17.5 Å². The fourth-order valence-corrected chi connectivity index (χ4v) is 1.42. The van der Waals surface area contributed by atoms with E-state index in [0.717, 1.165) is 5.69 Å². The lowest BCUT2D eigenvalue weighted by atomic mass is 10.2. The summed E-state index contributed by atoms with van der Waals surface area (Å²) in [5.41, 5.74) is 7.72. The molecule has 0 saturated carbocycles. The molecule has 0 bridgehead atoms. The van der Waals surface area contributed by atoms with E-state index in [2.05, 4.69) is 20.7 Å². The standard InChI is InChI=1S/C10H13N5O2/c1-3-6-8(11)9(14-13-6)10(16)12-7-4-5(2)15-17-7/h4H,3,11H2,1-2H3,(H,12,16)(H,13,14). The largest absolute Gasteiger partial charge is 0.395 e. The highest BCUT2D eigenvalue weighted by atomic mass is 16.5. The molecule has 0 unspecified atom stereocenters. The van der Waals surface area contributed by atoms with Gasteiger partial charge >= 0.3 is 0 Å². The molecular formula is C10H13N5O2. The van der Waals surface area contributed by atoms with Crippen LogP contribution in [0.5, 0.6) is 0 Å². The molecule has 7 heteroatoms. The molecule has 0 aliphatic carbocycles. The van der Waals surface area contributed by atoms with Gasteiger partial charge in [0.15, 0.2) is 5.69 Å². The number of nitrogen functional groups attached to an aromatic ring is 1. The molecule has 0 aliphatic heterocycles. The Morgan fingerprint density at radius 1 is 1.65 bits per heavy atom. The molecule has 0 radical (unpaired) electrons. The fraction of sp³-hybridized carbons (Fsp3) is 0.300. The highest BCUT2D eigenvalue weighted by Gasteiger charge is 2.17. The first-order valence-electron chi connectivity index (χ1n) is 5.19. The normalized spacial score (nSPS) is 10.5. The average molecular weight is 235 g/mol. The van der Waals surface area contributed by atoms with E-state index in [9.17, 15) is 4.79 Å². The number of aromatic amines is 1. The van der Waals surface area contributed by atoms with Gasteiger partial charge in [0.05, 0.1) is 17.1 Å². The minimum absolute atomic E-state index is 0.163. The minimum atomic E-state index is -0.422. The maximum Gasteiger partial charge on any atom is 0.280 e. The number of rotatable bonds is 3. The number of hydrogen-bond acceptors (Lipinski definition) is 5. The zero-order chi connectivity index (χ0) is 12.4. The lowest BCUT2D eigenvalue weighted by Crippen LogP contribution is -2.13. The minimum Gasteiger partial charge on any atom is -0.395 e. The van der Waals surface area contributed by atoms with Gasteiger partial charge in [-0.05, 0) is 13.3 Å². The van der Waals surface area contributed by atoms with Crippen LogP contribution in [0, 0.1) is 6.92 Å². The van der Waals surface area contributed by atoms with Crippen LogP contribution in [-0.4, -0.2) is 21.3 Å². The Labute approximate surface area is 97.4 Å². The predicted molar refractivity (Wildman–Crippen MR) is 61.6 cm³/mol. The van der Waals surface area contributed by atoms with E-state index in [-0.39, 0.29) is 11.6 Å². The Hall–Kier alpha value is -2.31. The second-order valence-corrected chi connectivity index (χ2v) is 3.60. The third kappa shape index (κ3) is 2.12. The quantitative estimate of drug-likeness (QED) is 0.737. The van der Waals surface area contributed by atoms with Crippen molar-refractivity contribution in [2.45, 2.75) is 20.3 Å². The number of hydrogen-bond donors (Lipinski definition) is 3. The summed E-state index contributed by atoms with van der Waals surface area (Å²) in [5.74, 6) is -0.150. The lowest BCUT2D eigenvalue weighted by molar-refractivity contribution is 0.102. The smallest absolute Gasteiger partial charge is 0.280 e. The molecular weight excluding hydrogens is 222 g/mol. The van der Waals surface area contributed by atoms with Crippen LogP contribution >= 0.6 is 0 Å². The van der Waals surface area contributed by atoms with E-state index in [1.807, 2.05) is 6.92 Å². The summed E-state index contributed by atoms with van der Waals surface area (Å²) < 4.78 is 4.87. The Balaban J connectivity index is 2.17. The van der Waals surface area contributed by atoms with Crippen LogP contribution in [0.4, 0.5) is 11.6 Å². The molecule has 2 rings (SSSR count). The van der Waals surface area contributed by atoms with E-state index < -0.39 is 5.91 Å². The summed E-state index contributed by atoms with van der Waals surface area (Å²) in [6.45, 7) is 3.68. The fourth-order valence-electron chi connectivity index (χ4n) is 1.42. The van der Waals surface area contributed by atoms with E-state index in [1.54, 1.807) is 13.0 Å². The average Bonchev–Trinajstić information content (AvgIpc) is 2.85. The van der Waals surface area contributed by atoms with Crippen molar-refractivity contribution in [2.24, 2.45) is 0 Å². The molecule has 90 valence electrons. The van der Waals surface area contributed by atoms with Crippen molar-refractivity contribution in [1.82, 2.24) is 15.4 Å². The molecule has 0 fully saturated rings. The molecule has 17 heavy (non-hydrogen) atoms. The molecule has 0 aromatic carbocycles. The van der Waals surface area contributed by atoms with E-state index in [0.29, 0.717) is 17.8 Å². The summed E-state index contributed by atoms with van der Waals surface area (Å²) in [6.07, 6.45) is 0.688. The predicted octanol–water partition coefficient (Wildman–Crippen LogP) is 1.10. The molecule has 2 aromatic heterocycles. The van der Waals surface area contributed by atoms with E-state index in [1.165, 1.54) is 0 Å². The van der Waals surface area contributed by atoms with E-state index >= 15 is 0 Å². The first-order chi connectivity index (χ1) is 8.11. The van der Waals surface area contributed by atoms with Gasteiger partial charge in [-0.1, -0.05) is 12.1 Å². The van der Waals surface area contributed by atoms with Crippen LogP contribution < -0.4 is 11.1 Å². The van der Waals surface area contributed by atoms with Crippen molar-refractivity contribution in [3.63, 3.8) is 0 Å². The third-order valence-electron chi connectivity index (χ3n) is 2.32. The van der Waals surface area contributed by atoms with Gasteiger partial charge in [0.25, 0.3) is 5.91 Å². The number of carbonyl (C=O) groups is 1. The zero-order valence-electron chi connectivity index (χ0n) is 9.57. The van der Waals surface area contributed by atoms with Crippen LogP contribution in [-0.2, 0) is 6.42 Å². The van der Waals surface area contributed by atoms with Crippen LogP contribution in [0.15, 0.2) is 10.6 Å². The van der Waals surface area contributed by atoms with Gasteiger partial charge < -0.3 is 10.3 Å². The molecule has 1 amide bonds. The summed E-state index contributed by atoms with van der Waals surface area (Å²) >= 11 is 0. The Kier molecular flexibility index (Phi) is 2.82. The molecule has 2 aromatic rings. The topological polar surface area (TPSA) is 110 Å². The first kappa shape index (κ1) is 11.2. The maximum atomic E-state index is 11.8. The number of nitrogens with one attached hydrogen (secondary N) is 2. The van der Waals surface area contributed by atoms with E-state index in [4.69, 9.17) is 10.3 Å². The number of aryl methyl sites for hydroxylation is 2. The summed E-state index contributed by atoms with van der Waals surface area (Å²) in [5, 5.41) is 12.8. The molecule has 7 nitrogen and oxygen atoms in total. The second kappa shape index (κ2) is 4.28. The summed E-state index contributed by atoms with van der Waals surface area (Å²) in [7, 11) is 0. The number of nitrogens with zero attached hydrogens (tertiary/aromatic N) is 2. The van der Waals surface area contributed by atoms with Crippen LogP contribution in [0.1, 0.15) is 28.8 Å². The lowest BCUT2D eigenvalue weighted by Gasteiger charge is -1.98. The number of nitrogens with two attached hydrogens (primary N) is 1. The number of carbonyl (C=O) groups excluding carboxylic acids is 1. The molecule has 0 aliphatic rings. The Morgan fingerprint density at radius 3 is 2.94 bits per heavy atom. The number of aromatic nitrogens is 3. The maximum absolute atomic E-state index is 11.8. The van der Waals surface area contributed by atoms with Crippen LogP contribution in [0.25, 0.3) is 0 Å². The molecule has 4 N–H and O–H groups in total. The van der Waals surface area contributed by atoms with Crippen molar-refractivity contribution in [2.75, 3.05) is 11.1 Å².